The monoisotopic (exact) mass is 245 g/mol. The lowest BCUT2D eigenvalue weighted by atomic mass is 10.2. The van der Waals surface area contributed by atoms with Crippen LogP contribution in [0.5, 0.6) is 0 Å². The first-order chi connectivity index (χ1) is 7.39. The summed E-state index contributed by atoms with van der Waals surface area (Å²) in [5.74, 6) is 0. The van der Waals surface area contributed by atoms with E-state index in [2.05, 4.69) is 5.48 Å². The van der Waals surface area contributed by atoms with Crippen molar-refractivity contribution in [3.63, 3.8) is 0 Å². The Labute approximate surface area is 95.1 Å². The van der Waals surface area contributed by atoms with Crippen molar-refractivity contribution in [2.75, 3.05) is 12.1 Å². The summed E-state index contributed by atoms with van der Waals surface area (Å²) in [6.07, 6.45) is 0. The van der Waals surface area contributed by atoms with E-state index < -0.39 is 15.4 Å². The van der Waals surface area contributed by atoms with Gasteiger partial charge in [-0.1, -0.05) is 12.1 Å². The summed E-state index contributed by atoms with van der Waals surface area (Å²) in [6.45, 7) is 3.19. The van der Waals surface area contributed by atoms with Crippen LogP contribution in [-0.4, -0.2) is 24.8 Å². The maximum atomic E-state index is 10.7. The van der Waals surface area contributed by atoms with Crippen molar-refractivity contribution in [2.45, 2.75) is 19.1 Å². The second kappa shape index (κ2) is 5.29. The normalized spacial score (nSPS) is 13.4. The molecule has 1 aromatic rings. The maximum Gasteiger partial charge on any atom is 0.269 e. The number of nitrogens with one attached hydrogen (secondary N) is 1. The summed E-state index contributed by atoms with van der Waals surface area (Å²) in [5, 5.41) is -0.954. The summed E-state index contributed by atoms with van der Waals surface area (Å²) in [7, 11) is -4.03. The quantitative estimate of drug-likeness (QED) is 0.609. The Morgan fingerprint density at radius 1 is 1.50 bits per heavy atom. The minimum Gasteiger partial charge on any atom is -0.285 e. The zero-order chi connectivity index (χ0) is 12.2. The van der Waals surface area contributed by atoms with Crippen LogP contribution >= 0.6 is 0 Å². The van der Waals surface area contributed by atoms with Gasteiger partial charge in [-0.15, -0.1) is 0 Å². The lowest BCUT2D eigenvalue weighted by molar-refractivity contribution is 0.193. The average molecular weight is 245 g/mol. The first-order valence-electron chi connectivity index (χ1n) is 4.80. The molecule has 0 aliphatic rings. The van der Waals surface area contributed by atoms with Crippen molar-refractivity contribution >= 4 is 15.8 Å². The number of anilines is 1. The molecule has 0 radical (unpaired) electrons. The zero-order valence-corrected chi connectivity index (χ0v) is 9.99. The molecular formula is C10H15NO4S. The smallest absolute Gasteiger partial charge is 0.269 e. The van der Waals surface area contributed by atoms with Gasteiger partial charge >= 0.3 is 0 Å². The number of aryl methyl sites for hydroxylation is 1. The standard InChI is InChI=1S/C10H15NO4S/c1-8-4-3-5-10(6-8)11-15-7-9(2)16(12,13)14/h3-6,9,11H,7H2,1-2H3,(H,12,13,14). The topological polar surface area (TPSA) is 75.6 Å². The van der Waals surface area contributed by atoms with Gasteiger partial charge < -0.3 is 0 Å². The summed E-state index contributed by atoms with van der Waals surface area (Å²) in [5.41, 5.74) is 4.42. The molecule has 90 valence electrons. The molecule has 5 nitrogen and oxygen atoms in total. The Morgan fingerprint density at radius 2 is 2.19 bits per heavy atom. The fraction of sp³-hybridized carbons (Fsp3) is 0.400. The van der Waals surface area contributed by atoms with E-state index in [0.717, 1.165) is 11.3 Å². The van der Waals surface area contributed by atoms with E-state index in [1.54, 1.807) is 6.07 Å². The lowest BCUT2D eigenvalue weighted by Crippen LogP contribution is -2.24. The van der Waals surface area contributed by atoms with Crippen LogP contribution in [0.2, 0.25) is 0 Å². The van der Waals surface area contributed by atoms with E-state index in [1.165, 1.54) is 6.92 Å². The van der Waals surface area contributed by atoms with E-state index in [0.29, 0.717) is 0 Å². The molecule has 0 bridgehead atoms. The van der Waals surface area contributed by atoms with Crippen LogP contribution in [-0.2, 0) is 15.0 Å². The fourth-order valence-corrected chi connectivity index (χ4v) is 1.28. The molecule has 0 aliphatic carbocycles. The molecule has 1 unspecified atom stereocenters. The van der Waals surface area contributed by atoms with Gasteiger partial charge in [-0.05, 0) is 31.5 Å². The molecule has 0 amide bonds. The van der Waals surface area contributed by atoms with E-state index in [1.807, 2.05) is 25.1 Å². The van der Waals surface area contributed by atoms with Gasteiger partial charge in [0.25, 0.3) is 10.1 Å². The third-order valence-electron chi connectivity index (χ3n) is 2.03. The van der Waals surface area contributed by atoms with E-state index >= 15 is 0 Å². The predicted octanol–water partition coefficient (Wildman–Crippen LogP) is 1.61. The first-order valence-corrected chi connectivity index (χ1v) is 6.30. The summed E-state index contributed by atoms with van der Waals surface area (Å²) >= 11 is 0. The number of rotatable bonds is 5. The molecule has 0 saturated heterocycles. The van der Waals surface area contributed by atoms with E-state index in [-0.39, 0.29) is 6.61 Å². The molecule has 6 heteroatoms. The largest absolute Gasteiger partial charge is 0.285 e. The molecule has 1 atom stereocenters. The van der Waals surface area contributed by atoms with Crippen LogP contribution in [0.15, 0.2) is 24.3 Å². The SMILES string of the molecule is Cc1cccc(NOCC(C)S(=O)(=O)O)c1. The Bertz CT molecular complexity index is 444. The maximum absolute atomic E-state index is 10.7. The molecular weight excluding hydrogens is 230 g/mol. The molecule has 0 fully saturated rings. The molecule has 0 aromatic heterocycles. The highest BCUT2D eigenvalue weighted by molar-refractivity contribution is 7.86. The second-order valence-electron chi connectivity index (χ2n) is 3.61. The lowest BCUT2D eigenvalue weighted by Gasteiger charge is -2.10. The summed E-state index contributed by atoms with van der Waals surface area (Å²) in [4.78, 5) is 4.97. The van der Waals surface area contributed by atoms with Gasteiger partial charge in [0.15, 0.2) is 0 Å². The molecule has 1 rings (SSSR count). The fourth-order valence-electron chi connectivity index (χ4n) is 1.04. The Morgan fingerprint density at radius 3 is 2.75 bits per heavy atom. The molecule has 1 aromatic carbocycles. The van der Waals surface area contributed by atoms with Gasteiger partial charge in [0, 0.05) is 0 Å². The Hall–Kier alpha value is -1.11. The van der Waals surface area contributed by atoms with Crippen LogP contribution in [0, 0.1) is 6.92 Å². The van der Waals surface area contributed by atoms with Gasteiger partial charge in [-0.2, -0.15) is 8.42 Å². The molecule has 0 heterocycles. The van der Waals surface area contributed by atoms with Crippen molar-refractivity contribution in [1.29, 1.82) is 0 Å². The minimum atomic E-state index is -4.03. The predicted molar refractivity (Wildman–Crippen MR) is 61.8 cm³/mol. The highest BCUT2D eigenvalue weighted by atomic mass is 32.2. The van der Waals surface area contributed by atoms with Gasteiger partial charge in [0.05, 0.1) is 12.3 Å². The van der Waals surface area contributed by atoms with Gasteiger partial charge in [0.1, 0.15) is 5.25 Å². The first kappa shape index (κ1) is 13.0. The van der Waals surface area contributed by atoms with Crippen molar-refractivity contribution in [3.8, 4) is 0 Å². The number of benzene rings is 1. The van der Waals surface area contributed by atoms with Crippen molar-refractivity contribution in [1.82, 2.24) is 0 Å². The highest BCUT2D eigenvalue weighted by Gasteiger charge is 2.17. The zero-order valence-electron chi connectivity index (χ0n) is 9.17. The van der Waals surface area contributed by atoms with E-state index in [4.69, 9.17) is 9.39 Å². The Balaban J connectivity index is 2.42. The van der Waals surface area contributed by atoms with Crippen LogP contribution < -0.4 is 5.48 Å². The molecule has 0 aliphatic heterocycles. The van der Waals surface area contributed by atoms with Gasteiger partial charge in [-0.25, -0.2) is 0 Å². The van der Waals surface area contributed by atoms with Crippen molar-refractivity contribution in [3.05, 3.63) is 29.8 Å². The van der Waals surface area contributed by atoms with Crippen molar-refractivity contribution < 1.29 is 17.8 Å². The van der Waals surface area contributed by atoms with Crippen LogP contribution in [0.3, 0.4) is 0 Å². The third kappa shape index (κ3) is 4.18. The second-order valence-corrected chi connectivity index (χ2v) is 5.44. The molecule has 2 N–H and O–H groups in total. The minimum absolute atomic E-state index is 0.118. The number of hydrogen-bond acceptors (Lipinski definition) is 4. The summed E-state index contributed by atoms with van der Waals surface area (Å²) in [6, 6.07) is 7.45. The third-order valence-corrected chi connectivity index (χ3v) is 3.19. The van der Waals surface area contributed by atoms with E-state index in [9.17, 15) is 8.42 Å². The Kier molecular flexibility index (Phi) is 4.28. The highest BCUT2D eigenvalue weighted by Crippen LogP contribution is 2.09. The molecule has 0 spiro atoms. The van der Waals surface area contributed by atoms with Crippen LogP contribution in [0.1, 0.15) is 12.5 Å². The molecule has 0 saturated carbocycles. The van der Waals surface area contributed by atoms with Gasteiger partial charge in [-0.3, -0.25) is 14.9 Å². The number of hydrogen-bond donors (Lipinski definition) is 2. The summed E-state index contributed by atoms with van der Waals surface area (Å²) < 4.78 is 30.0. The van der Waals surface area contributed by atoms with Crippen LogP contribution in [0.4, 0.5) is 5.69 Å². The van der Waals surface area contributed by atoms with Crippen LogP contribution in [0.25, 0.3) is 0 Å². The molecule has 16 heavy (non-hydrogen) atoms. The van der Waals surface area contributed by atoms with Gasteiger partial charge in [0.2, 0.25) is 0 Å². The van der Waals surface area contributed by atoms with Crippen molar-refractivity contribution in [2.24, 2.45) is 0 Å². The average Bonchev–Trinajstić information content (AvgIpc) is 2.16.